The van der Waals surface area contributed by atoms with Gasteiger partial charge in [-0.25, -0.2) is 0 Å². The molecular weight excluding hydrogens is 472 g/mol. The lowest BCUT2D eigenvalue weighted by molar-refractivity contribution is -0.118. The number of carbonyl (C=O) groups excluding carboxylic acids is 1. The summed E-state index contributed by atoms with van der Waals surface area (Å²) >= 11 is 6.79. The van der Waals surface area contributed by atoms with E-state index in [0.717, 1.165) is 21.8 Å². The molecular formula is C24H24N4O4S2. The molecule has 1 atom stereocenters. The average Bonchev–Trinajstić information content (AvgIpc) is 3.26. The lowest BCUT2D eigenvalue weighted by Crippen LogP contribution is -2.34. The van der Waals surface area contributed by atoms with Crippen LogP contribution in [0.1, 0.15) is 16.5 Å². The Balaban J connectivity index is 1.39. The summed E-state index contributed by atoms with van der Waals surface area (Å²) in [5.74, 6) is 1.75. The van der Waals surface area contributed by atoms with Gasteiger partial charge in [-0.05, 0) is 54.0 Å². The minimum atomic E-state index is -0.322. The number of nitrogens with zero attached hydrogens (tertiary/aromatic N) is 1. The van der Waals surface area contributed by atoms with E-state index in [1.54, 1.807) is 20.6 Å². The van der Waals surface area contributed by atoms with E-state index >= 15 is 0 Å². The maximum absolute atomic E-state index is 12.1. The van der Waals surface area contributed by atoms with Gasteiger partial charge in [0.25, 0.3) is 0 Å². The van der Waals surface area contributed by atoms with Gasteiger partial charge in [-0.2, -0.15) is 0 Å². The summed E-state index contributed by atoms with van der Waals surface area (Å²) in [6.07, 6.45) is 1.62. The number of carbonyl (C=O) groups is 1. The molecule has 176 valence electrons. The number of methoxy groups -OCH3 is 2. The summed E-state index contributed by atoms with van der Waals surface area (Å²) in [7, 11) is 3.20. The number of rotatable bonds is 7. The molecule has 1 aromatic heterocycles. The van der Waals surface area contributed by atoms with Crippen LogP contribution in [0.3, 0.4) is 0 Å². The number of aliphatic imine (C=N–C) groups is 1. The fourth-order valence-corrected chi connectivity index (χ4v) is 4.37. The third kappa shape index (κ3) is 5.83. The SMILES string of the molecule is COc1cc2c(cc1OC)C(Oc1ccc(NC(=S)NC(=O)Cc3cccs3)cc1)CN=CN2. The van der Waals surface area contributed by atoms with Gasteiger partial charge in [0.05, 0.1) is 39.2 Å². The molecule has 1 aliphatic rings. The fraction of sp³-hybridized carbons (Fsp3) is 0.208. The van der Waals surface area contributed by atoms with Gasteiger partial charge < -0.3 is 30.2 Å². The van der Waals surface area contributed by atoms with Gasteiger partial charge in [-0.1, -0.05) is 6.07 Å². The van der Waals surface area contributed by atoms with Gasteiger partial charge in [-0.15, -0.1) is 11.3 Å². The van der Waals surface area contributed by atoms with Gasteiger partial charge >= 0.3 is 0 Å². The van der Waals surface area contributed by atoms with Crippen LogP contribution in [-0.2, 0) is 11.2 Å². The quantitative estimate of drug-likeness (QED) is 0.418. The van der Waals surface area contributed by atoms with Crippen LogP contribution in [0.4, 0.5) is 11.4 Å². The minimum Gasteiger partial charge on any atom is -0.493 e. The third-order valence-corrected chi connectivity index (χ3v) is 6.12. The Bertz CT molecular complexity index is 1180. The predicted molar refractivity (Wildman–Crippen MR) is 139 cm³/mol. The first-order valence-electron chi connectivity index (χ1n) is 10.5. The van der Waals surface area contributed by atoms with Crippen molar-refractivity contribution < 1.29 is 19.0 Å². The monoisotopic (exact) mass is 496 g/mol. The maximum Gasteiger partial charge on any atom is 0.231 e. The Morgan fingerprint density at radius 2 is 1.94 bits per heavy atom. The highest BCUT2D eigenvalue weighted by Gasteiger charge is 2.22. The molecule has 0 fully saturated rings. The van der Waals surface area contributed by atoms with E-state index in [2.05, 4.69) is 20.9 Å². The van der Waals surface area contributed by atoms with Gasteiger partial charge in [0, 0.05) is 22.2 Å². The number of amides is 1. The molecule has 3 aromatic rings. The Labute approximate surface area is 207 Å². The number of hydrogen-bond acceptors (Lipinski definition) is 8. The maximum atomic E-state index is 12.1. The van der Waals surface area contributed by atoms with Crippen LogP contribution < -0.4 is 30.2 Å². The van der Waals surface area contributed by atoms with Crippen LogP contribution in [-0.4, -0.2) is 38.1 Å². The summed E-state index contributed by atoms with van der Waals surface area (Å²) in [6.45, 7) is 0.440. The summed E-state index contributed by atoms with van der Waals surface area (Å²) in [6, 6.07) is 14.9. The van der Waals surface area contributed by atoms with Crippen molar-refractivity contribution in [1.82, 2.24) is 5.32 Å². The molecule has 8 nitrogen and oxygen atoms in total. The van der Waals surface area contributed by atoms with Crippen LogP contribution in [0.2, 0.25) is 0 Å². The van der Waals surface area contributed by atoms with Gasteiger partial charge in [-0.3, -0.25) is 9.79 Å². The van der Waals surface area contributed by atoms with Gasteiger partial charge in [0.1, 0.15) is 11.9 Å². The van der Waals surface area contributed by atoms with Crippen LogP contribution in [0.25, 0.3) is 0 Å². The first-order chi connectivity index (χ1) is 16.6. The number of thiocarbonyl (C=S) groups is 1. The molecule has 2 heterocycles. The standard InChI is InChI=1S/C24H24N4O4S2/c1-30-20-11-18-19(12-21(20)31-2)26-14-25-13-22(18)32-16-7-5-15(6-8-16)27-24(33)28-23(29)10-17-4-3-9-34-17/h3-9,11-12,14,22H,10,13H2,1-2H3,(H,25,26)(H2,27,28,29,33). The molecule has 4 rings (SSSR count). The molecule has 34 heavy (non-hydrogen) atoms. The second-order valence-electron chi connectivity index (χ2n) is 7.32. The summed E-state index contributed by atoms with van der Waals surface area (Å²) in [5.41, 5.74) is 2.49. The molecule has 3 N–H and O–H groups in total. The van der Waals surface area contributed by atoms with Crippen LogP contribution in [0, 0.1) is 0 Å². The van der Waals surface area contributed by atoms with Crippen molar-refractivity contribution in [1.29, 1.82) is 0 Å². The zero-order chi connectivity index (χ0) is 23.9. The van der Waals surface area contributed by atoms with Crippen molar-refractivity contribution in [2.45, 2.75) is 12.5 Å². The molecule has 1 unspecified atom stereocenters. The van der Waals surface area contributed by atoms with E-state index in [4.69, 9.17) is 26.4 Å². The normalized spacial score (nSPS) is 14.2. The molecule has 0 radical (unpaired) electrons. The Hall–Kier alpha value is -3.63. The molecule has 2 aromatic carbocycles. The van der Waals surface area contributed by atoms with Crippen molar-refractivity contribution >= 4 is 52.3 Å². The largest absolute Gasteiger partial charge is 0.493 e. The van der Waals surface area contributed by atoms with E-state index in [1.165, 1.54) is 11.3 Å². The molecule has 10 heteroatoms. The van der Waals surface area contributed by atoms with Crippen molar-refractivity contribution in [2.24, 2.45) is 4.99 Å². The summed E-state index contributed by atoms with van der Waals surface area (Å²) in [5, 5.41) is 11.1. The van der Waals surface area contributed by atoms with Crippen molar-refractivity contribution in [3.63, 3.8) is 0 Å². The molecule has 1 amide bonds. The number of ether oxygens (including phenoxy) is 3. The lowest BCUT2D eigenvalue weighted by Gasteiger charge is -2.21. The highest BCUT2D eigenvalue weighted by atomic mass is 32.1. The smallest absolute Gasteiger partial charge is 0.231 e. The minimum absolute atomic E-state index is 0.159. The zero-order valence-electron chi connectivity index (χ0n) is 18.7. The zero-order valence-corrected chi connectivity index (χ0v) is 20.3. The van der Waals surface area contributed by atoms with E-state index < -0.39 is 0 Å². The highest BCUT2D eigenvalue weighted by molar-refractivity contribution is 7.80. The predicted octanol–water partition coefficient (Wildman–Crippen LogP) is 4.39. The van der Waals surface area contributed by atoms with Crippen molar-refractivity contribution in [3.8, 4) is 17.2 Å². The lowest BCUT2D eigenvalue weighted by atomic mass is 10.1. The number of anilines is 2. The van der Waals surface area contributed by atoms with E-state index in [1.807, 2.05) is 53.9 Å². The van der Waals surface area contributed by atoms with E-state index in [-0.39, 0.29) is 17.1 Å². The number of hydrogen-bond donors (Lipinski definition) is 3. The Kier molecular flexibility index (Phi) is 7.61. The number of nitrogens with one attached hydrogen (secondary N) is 3. The highest BCUT2D eigenvalue weighted by Crippen LogP contribution is 2.38. The molecule has 0 saturated carbocycles. The Morgan fingerprint density at radius 1 is 1.18 bits per heavy atom. The second-order valence-corrected chi connectivity index (χ2v) is 8.76. The molecule has 0 saturated heterocycles. The summed E-state index contributed by atoms with van der Waals surface area (Å²) in [4.78, 5) is 17.5. The van der Waals surface area contributed by atoms with Gasteiger partial charge in [0.15, 0.2) is 16.6 Å². The first-order valence-corrected chi connectivity index (χ1v) is 11.7. The molecule has 0 bridgehead atoms. The summed E-state index contributed by atoms with van der Waals surface area (Å²) < 4.78 is 17.1. The fourth-order valence-electron chi connectivity index (χ4n) is 3.43. The number of thiophene rings is 1. The second kappa shape index (κ2) is 11.0. The topological polar surface area (TPSA) is 93.2 Å². The van der Waals surface area contributed by atoms with Crippen LogP contribution in [0.5, 0.6) is 17.2 Å². The molecule has 0 spiro atoms. The van der Waals surface area contributed by atoms with E-state index in [0.29, 0.717) is 30.2 Å². The van der Waals surface area contributed by atoms with Crippen molar-refractivity contribution in [2.75, 3.05) is 31.4 Å². The molecule has 1 aliphatic heterocycles. The first kappa shape index (κ1) is 23.5. The van der Waals surface area contributed by atoms with Crippen LogP contribution in [0.15, 0.2) is 58.9 Å². The Morgan fingerprint density at radius 3 is 2.65 bits per heavy atom. The van der Waals surface area contributed by atoms with Crippen LogP contribution >= 0.6 is 23.6 Å². The van der Waals surface area contributed by atoms with Crippen molar-refractivity contribution in [3.05, 3.63) is 64.4 Å². The average molecular weight is 497 g/mol. The molecule has 0 aliphatic carbocycles. The third-order valence-electron chi connectivity index (χ3n) is 5.04. The number of fused-ring (bicyclic) bond motifs is 1. The number of benzene rings is 2. The van der Waals surface area contributed by atoms with E-state index in [9.17, 15) is 4.79 Å². The van der Waals surface area contributed by atoms with Gasteiger partial charge in [0.2, 0.25) is 5.91 Å².